The van der Waals surface area contributed by atoms with Crippen LogP contribution in [0.5, 0.6) is 0 Å². The number of nitrogens with one attached hydrogen (secondary N) is 2. The highest BCUT2D eigenvalue weighted by Crippen LogP contribution is 2.42. The number of hydrogen-bond donors (Lipinski definition) is 2. The van der Waals surface area contributed by atoms with Crippen LogP contribution >= 0.6 is 11.3 Å². The molecule has 0 spiro atoms. The van der Waals surface area contributed by atoms with Gasteiger partial charge in [-0.3, -0.25) is 14.5 Å². The summed E-state index contributed by atoms with van der Waals surface area (Å²) >= 11 is 1.34. The highest BCUT2D eigenvalue weighted by atomic mass is 32.1. The average Bonchev–Trinajstić information content (AvgIpc) is 3.46. The van der Waals surface area contributed by atoms with Gasteiger partial charge < -0.3 is 10.6 Å². The van der Waals surface area contributed by atoms with Crippen molar-refractivity contribution in [2.75, 3.05) is 11.9 Å². The summed E-state index contributed by atoms with van der Waals surface area (Å²) in [6.07, 6.45) is 6.55. The Morgan fingerprint density at radius 2 is 2.03 bits per heavy atom. The molecule has 0 radical (unpaired) electrons. The fourth-order valence-corrected chi connectivity index (χ4v) is 5.19. The first-order valence-electron chi connectivity index (χ1n) is 10.5. The quantitative estimate of drug-likeness (QED) is 0.720. The van der Waals surface area contributed by atoms with Crippen LogP contribution in [-0.4, -0.2) is 39.8 Å². The Hall–Kier alpha value is -2.74. The maximum absolute atomic E-state index is 12.7. The number of urea groups is 1. The number of aromatic nitrogens is 1. The molecule has 3 aliphatic rings. The molecule has 0 bridgehead atoms. The number of nitrogens with zero attached hydrogens (tertiary/aromatic N) is 2. The summed E-state index contributed by atoms with van der Waals surface area (Å²) < 4.78 is 0. The molecule has 1 aromatic heterocycles. The highest BCUT2D eigenvalue weighted by Gasteiger charge is 2.56. The minimum absolute atomic E-state index is 0.167. The van der Waals surface area contributed by atoms with E-state index in [9.17, 15) is 14.4 Å². The number of fused-ring (bicyclic) bond motifs is 1. The van der Waals surface area contributed by atoms with Crippen molar-refractivity contribution >= 4 is 34.3 Å². The molecule has 5 rings (SSSR count). The zero-order chi connectivity index (χ0) is 20.9. The SMILES string of the molecule is CC1(C2CC2)NC(=O)N(CC(=O)Nc2nc(-c3ccc4c(c3)CCCC4)cs2)C1=O. The van der Waals surface area contributed by atoms with E-state index in [4.69, 9.17) is 0 Å². The molecule has 1 aromatic carbocycles. The number of hydrogen-bond acceptors (Lipinski definition) is 5. The van der Waals surface area contributed by atoms with E-state index in [1.807, 2.05) is 5.38 Å². The van der Waals surface area contributed by atoms with Crippen LogP contribution in [0.15, 0.2) is 23.6 Å². The van der Waals surface area contributed by atoms with Crippen LogP contribution in [0.25, 0.3) is 11.3 Å². The van der Waals surface area contributed by atoms with Gasteiger partial charge in [0.15, 0.2) is 5.13 Å². The molecule has 7 nitrogen and oxygen atoms in total. The number of aryl methyl sites for hydroxylation is 2. The number of anilines is 1. The van der Waals surface area contributed by atoms with Crippen molar-refractivity contribution in [1.29, 1.82) is 0 Å². The maximum Gasteiger partial charge on any atom is 0.325 e. The van der Waals surface area contributed by atoms with Gasteiger partial charge in [-0.25, -0.2) is 9.78 Å². The summed E-state index contributed by atoms with van der Waals surface area (Å²) in [7, 11) is 0. The topological polar surface area (TPSA) is 91.4 Å². The Kier molecular flexibility index (Phi) is 4.61. The van der Waals surface area contributed by atoms with Crippen LogP contribution in [0.4, 0.5) is 9.93 Å². The predicted molar refractivity (Wildman–Crippen MR) is 114 cm³/mol. The Balaban J connectivity index is 1.25. The normalized spacial score (nSPS) is 23.3. The van der Waals surface area contributed by atoms with Crippen molar-refractivity contribution in [2.45, 2.75) is 51.0 Å². The largest absolute Gasteiger partial charge is 0.325 e. The summed E-state index contributed by atoms with van der Waals surface area (Å²) in [5.74, 6) is -0.580. The average molecular weight is 425 g/mol. The minimum atomic E-state index is -0.877. The van der Waals surface area contributed by atoms with Gasteiger partial charge in [0.25, 0.3) is 5.91 Å². The van der Waals surface area contributed by atoms with Gasteiger partial charge in [0.1, 0.15) is 12.1 Å². The fourth-order valence-electron chi connectivity index (χ4n) is 4.46. The lowest BCUT2D eigenvalue weighted by Gasteiger charge is -2.20. The van der Waals surface area contributed by atoms with Gasteiger partial charge >= 0.3 is 6.03 Å². The molecule has 2 fully saturated rings. The van der Waals surface area contributed by atoms with Gasteiger partial charge in [-0.2, -0.15) is 0 Å². The van der Waals surface area contributed by atoms with Crippen molar-refractivity contribution in [3.05, 3.63) is 34.7 Å². The zero-order valence-corrected chi connectivity index (χ0v) is 17.7. The van der Waals surface area contributed by atoms with Crippen LogP contribution in [0.1, 0.15) is 43.7 Å². The van der Waals surface area contributed by atoms with Crippen LogP contribution in [0, 0.1) is 5.92 Å². The number of benzene rings is 1. The molecular weight excluding hydrogens is 400 g/mol. The number of amides is 4. The van der Waals surface area contributed by atoms with E-state index in [0.717, 1.165) is 41.8 Å². The second-order valence-corrected chi connectivity index (χ2v) is 9.43. The molecule has 2 heterocycles. The van der Waals surface area contributed by atoms with Crippen molar-refractivity contribution in [3.8, 4) is 11.3 Å². The van der Waals surface area contributed by atoms with Crippen LogP contribution < -0.4 is 10.6 Å². The second-order valence-electron chi connectivity index (χ2n) is 8.57. The molecular formula is C22H24N4O3S. The number of carbonyl (C=O) groups excluding carboxylic acids is 3. The summed E-state index contributed by atoms with van der Waals surface area (Å²) in [6.45, 7) is 1.44. The van der Waals surface area contributed by atoms with E-state index in [2.05, 4.69) is 33.8 Å². The Morgan fingerprint density at radius 3 is 2.80 bits per heavy atom. The summed E-state index contributed by atoms with van der Waals surface area (Å²) in [6, 6.07) is 5.95. The predicted octanol–water partition coefficient (Wildman–Crippen LogP) is 3.35. The fraction of sp³-hybridized carbons (Fsp3) is 0.455. The number of thiazole rings is 1. The standard InChI is InChI=1S/C22H24N4O3S/c1-22(16-8-9-16)19(28)26(21(29)25-22)11-18(27)24-20-23-17(12-30-20)15-7-6-13-4-2-3-5-14(13)10-15/h6-7,10,12,16H,2-5,8-9,11H2,1H3,(H,25,29)(H,23,24,27). The third-order valence-electron chi connectivity index (χ3n) is 6.39. The first kappa shape index (κ1) is 19.2. The lowest BCUT2D eigenvalue weighted by atomic mass is 9.90. The van der Waals surface area contributed by atoms with Crippen LogP contribution in [0.2, 0.25) is 0 Å². The Morgan fingerprint density at radius 1 is 1.27 bits per heavy atom. The molecule has 2 aliphatic carbocycles. The van der Waals surface area contributed by atoms with E-state index in [0.29, 0.717) is 5.13 Å². The van der Waals surface area contributed by atoms with E-state index in [1.165, 1.54) is 35.3 Å². The Labute approximate surface area is 178 Å². The molecule has 4 amide bonds. The van der Waals surface area contributed by atoms with Gasteiger partial charge in [0, 0.05) is 10.9 Å². The molecule has 156 valence electrons. The highest BCUT2D eigenvalue weighted by molar-refractivity contribution is 7.14. The van der Waals surface area contributed by atoms with Crippen molar-refractivity contribution in [2.24, 2.45) is 5.92 Å². The van der Waals surface area contributed by atoms with E-state index in [-0.39, 0.29) is 18.4 Å². The number of rotatable bonds is 5. The lowest BCUT2D eigenvalue weighted by molar-refractivity contribution is -0.134. The smallest absolute Gasteiger partial charge is 0.323 e. The van der Waals surface area contributed by atoms with Gasteiger partial charge in [0.2, 0.25) is 5.91 Å². The molecule has 30 heavy (non-hydrogen) atoms. The number of imide groups is 1. The number of carbonyl (C=O) groups is 3. The second kappa shape index (κ2) is 7.19. The molecule has 1 atom stereocenters. The maximum atomic E-state index is 12.7. The minimum Gasteiger partial charge on any atom is -0.323 e. The van der Waals surface area contributed by atoms with Gasteiger partial charge in [-0.05, 0) is 68.6 Å². The monoisotopic (exact) mass is 424 g/mol. The van der Waals surface area contributed by atoms with Crippen molar-refractivity contribution < 1.29 is 14.4 Å². The molecule has 1 aliphatic heterocycles. The van der Waals surface area contributed by atoms with E-state index < -0.39 is 17.5 Å². The first-order valence-corrected chi connectivity index (χ1v) is 11.3. The molecule has 1 saturated carbocycles. The zero-order valence-electron chi connectivity index (χ0n) is 16.9. The molecule has 2 N–H and O–H groups in total. The van der Waals surface area contributed by atoms with Crippen LogP contribution in [0.3, 0.4) is 0 Å². The molecule has 1 unspecified atom stereocenters. The summed E-state index contributed by atoms with van der Waals surface area (Å²) in [4.78, 5) is 42.9. The third kappa shape index (κ3) is 3.39. The third-order valence-corrected chi connectivity index (χ3v) is 7.15. The van der Waals surface area contributed by atoms with E-state index >= 15 is 0 Å². The Bertz CT molecular complexity index is 1040. The van der Waals surface area contributed by atoms with E-state index in [1.54, 1.807) is 6.92 Å². The molecule has 8 heteroatoms. The van der Waals surface area contributed by atoms with Gasteiger partial charge in [-0.15, -0.1) is 11.3 Å². The summed E-state index contributed by atoms with van der Waals surface area (Å²) in [5.41, 5.74) is 3.79. The summed E-state index contributed by atoms with van der Waals surface area (Å²) in [5, 5.41) is 7.86. The lowest BCUT2D eigenvalue weighted by Crippen LogP contribution is -2.46. The van der Waals surface area contributed by atoms with Gasteiger partial charge in [-0.1, -0.05) is 12.1 Å². The first-order chi connectivity index (χ1) is 14.4. The van der Waals surface area contributed by atoms with Crippen molar-refractivity contribution in [1.82, 2.24) is 15.2 Å². The van der Waals surface area contributed by atoms with Crippen molar-refractivity contribution in [3.63, 3.8) is 0 Å². The van der Waals surface area contributed by atoms with Crippen LogP contribution in [-0.2, 0) is 22.4 Å². The molecule has 1 saturated heterocycles. The van der Waals surface area contributed by atoms with Gasteiger partial charge in [0.05, 0.1) is 5.69 Å². The molecule has 2 aromatic rings.